The van der Waals surface area contributed by atoms with Gasteiger partial charge < -0.3 is 9.80 Å². The molecule has 0 N–H and O–H groups in total. The van der Waals surface area contributed by atoms with Crippen LogP contribution < -0.4 is 0 Å². The van der Waals surface area contributed by atoms with Gasteiger partial charge in [0.1, 0.15) is 0 Å². The lowest BCUT2D eigenvalue weighted by Crippen LogP contribution is -2.46. The Kier molecular flexibility index (Phi) is 5.17. The molecular weight excluding hydrogens is 272 g/mol. The van der Waals surface area contributed by atoms with E-state index in [-0.39, 0.29) is 12.1 Å². The molecule has 4 nitrogen and oxygen atoms in total. The van der Waals surface area contributed by atoms with Crippen molar-refractivity contribution in [2.75, 3.05) is 25.1 Å². The van der Waals surface area contributed by atoms with Crippen LogP contribution in [0.2, 0.25) is 0 Å². The maximum absolute atomic E-state index is 12.5. The average Bonchev–Trinajstić information content (AvgIpc) is 2.61. The summed E-state index contributed by atoms with van der Waals surface area (Å²) in [5.41, 5.74) is 1.12. The van der Waals surface area contributed by atoms with Crippen molar-refractivity contribution in [1.82, 2.24) is 9.80 Å². The second kappa shape index (κ2) is 6.88. The van der Waals surface area contributed by atoms with Crippen LogP contribution in [0.3, 0.4) is 0 Å². The van der Waals surface area contributed by atoms with Gasteiger partial charge in [0, 0.05) is 48.5 Å². The van der Waals surface area contributed by atoms with Gasteiger partial charge in [-0.2, -0.15) is 0 Å². The fraction of sp³-hybridized carbons (Fsp3) is 0.533. The highest BCUT2D eigenvalue weighted by Crippen LogP contribution is 2.14. The van der Waals surface area contributed by atoms with E-state index in [2.05, 4.69) is 0 Å². The first-order valence-electron chi connectivity index (χ1n) is 6.98. The van der Waals surface area contributed by atoms with Gasteiger partial charge in [-0.3, -0.25) is 4.21 Å². The Balaban J connectivity index is 2.00. The normalized spacial score (nSPS) is 23.2. The third-order valence-corrected chi connectivity index (χ3v) is 5.02. The number of hydrogen-bond acceptors (Lipinski definition) is 2. The summed E-state index contributed by atoms with van der Waals surface area (Å²) in [7, 11) is 1.04. The van der Waals surface area contributed by atoms with Gasteiger partial charge in [-0.25, -0.2) is 4.79 Å². The molecule has 0 bridgehead atoms. The topological polar surface area (TPSA) is 40.6 Å². The van der Waals surface area contributed by atoms with Crippen LogP contribution in [0.4, 0.5) is 4.79 Å². The van der Waals surface area contributed by atoms with E-state index in [0.29, 0.717) is 24.6 Å². The third-order valence-electron chi connectivity index (χ3n) is 3.69. The van der Waals surface area contributed by atoms with Crippen LogP contribution >= 0.6 is 0 Å². The number of carbonyl (C=O) groups excluding carboxylic acids is 1. The summed E-state index contributed by atoms with van der Waals surface area (Å²) in [5, 5.41) is 0. The molecule has 2 atom stereocenters. The lowest BCUT2D eigenvalue weighted by atomic mass is 10.2. The van der Waals surface area contributed by atoms with Crippen molar-refractivity contribution in [2.45, 2.75) is 25.9 Å². The SMILES string of the molecule is C[C@@H]1CC[S@](=O)CCN1C(=O)N(C)Cc1ccccc1. The highest BCUT2D eigenvalue weighted by atomic mass is 32.2. The number of urea groups is 1. The molecule has 1 aliphatic rings. The Bertz CT molecular complexity index is 478. The molecule has 0 aromatic heterocycles. The molecule has 1 fully saturated rings. The number of benzene rings is 1. The third kappa shape index (κ3) is 3.82. The van der Waals surface area contributed by atoms with Crippen LogP contribution in [0.15, 0.2) is 30.3 Å². The van der Waals surface area contributed by atoms with E-state index in [1.165, 1.54) is 0 Å². The highest BCUT2D eigenvalue weighted by Gasteiger charge is 2.26. The molecule has 0 saturated carbocycles. The summed E-state index contributed by atoms with van der Waals surface area (Å²) in [6, 6.07) is 10.1. The van der Waals surface area contributed by atoms with Gasteiger partial charge in [0.2, 0.25) is 0 Å². The van der Waals surface area contributed by atoms with Crippen LogP contribution in [-0.4, -0.2) is 51.2 Å². The molecule has 1 aromatic rings. The van der Waals surface area contributed by atoms with Crippen molar-refractivity contribution >= 4 is 16.8 Å². The molecule has 0 unspecified atom stereocenters. The Morgan fingerprint density at radius 1 is 1.35 bits per heavy atom. The lowest BCUT2D eigenvalue weighted by molar-refractivity contribution is 0.147. The Hall–Kier alpha value is -1.36. The van der Waals surface area contributed by atoms with Crippen LogP contribution in [0, 0.1) is 0 Å². The van der Waals surface area contributed by atoms with E-state index >= 15 is 0 Å². The van der Waals surface area contributed by atoms with Crippen molar-refractivity contribution in [3.05, 3.63) is 35.9 Å². The lowest BCUT2D eigenvalue weighted by Gasteiger charge is -2.31. The van der Waals surface area contributed by atoms with Crippen molar-refractivity contribution in [3.8, 4) is 0 Å². The molecule has 5 heteroatoms. The molecule has 110 valence electrons. The quantitative estimate of drug-likeness (QED) is 0.838. The fourth-order valence-electron chi connectivity index (χ4n) is 2.41. The zero-order valence-corrected chi connectivity index (χ0v) is 12.9. The predicted molar refractivity (Wildman–Crippen MR) is 82.0 cm³/mol. The molecular formula is C15H22N2O2S. The van der Waals surface area contributed by atoms with E-state index in [1.54, 1.807) is 4.90 Å². The summed E-state index contributed by atoms with van der Waals surface area (Å²) in [6.07, 6.45) is 0.817. The van der Waals surface area contributed by atoms with E-state index in [9.17, 15) is 9.00 Å². The largest absolute Gasteiger partial charge is 0.323 e. The fourth-order valence-corrected chi connectivity index (χ4v) is 3.62. The Morgan fingerprint density at radius 3 is 2.75 bits per heavy atom. The van der Waals surface area contributed by atoms with Crippen LogP contribution in [0.25, 0.3) is 0 Å². The number of rotatable bonds is 2. The minimum Gasteiger partial charge on any atom is -0.323 e. The van der Waals surface area contributed by atoms with E-state index in [1.807, 2.05) is 49.2 Å². The maximum Gasteiger partial charge on any atom is 0.320 e. The minimum atomic E-state index is -0.779. The van der Waals surface area contributed by atoms with E-state index in [4.69, 9.17) is 0 Å². The van der Waals surface area contributed by atoms with Crippen LogP contribution in [-0.2, 0) is 17.3 Å². The molecule has 20 heavy (non-hydrogen) atoms. The first-order valence-corrected chi connectivity index (χ1v) is 8.47. The second-order valence-electron chi connectivity index (χ2n) is 5.30. The van der Waals surface area contributed by atoms with Gasteiger partial charge in [0.25, 0.3) is 0 Å². The summed E-state index contributed by atoms with van der Waals surface area (Å²) >= 11 is 0. The molecule has 0 spiro atoms. The summed E-state index contributed by atoms with van der Waals surface area (Å²) < 4.78 is 11.6. The zero-order chi connectivity index (χ0) is 14.5. The van der Waals surface area contributed by atoms with Gasteiger partial charge in [0.05, 0.1) is 0 Å². The van der Waals surface area contributed by atoms with Gasteiger partial charge in [-0.1, -0.05) is 30.3 Å². The van der Waals surface area contributed by atoms with E-state index in [0.717, 1.165) is 12.0 Å². The Labute approximate surface area is 123 Å². The van der Waals surface area contributed by atoms with Gasteiger partial charge in [-0.05, 0) is 18.9 Å². The number of hydrogen-bond donors (Lipinski definition) is 0. The summed E-state index contributed by atoms with van der Waals surface area (Å²) in [4.78, 5) is 16.1. The number of nitrogens with zero attached hydrogens (tertiary/aromatic N) is 2. The van der Waals surface area contributed by atoms with Crippen LogP contribution in [0.1, 0.15) is 18.9 Å². The smallest absolute Gasteiger partial charge is 0.320 e. The molecule has 1 aliphatic heterocycles. The van der Waals surface area contributed by atoms with Gasteiger partial charge in [-0.15, -0.1) is 0 Å². The summed E-state index contributed by atoms with van der Waals surface area (Å²) in [5.74, 6) is 1.29. The number of carbonyl (C=O) groups is 1. The molecule has 0 radical (unpaired) electrons. The minimum absolute atomic E-state index is 0.0280. The molecule has 1 saturated heterocycles. The maximum atomic E-state index is 12.5. The molecule has 1 heterocycles. The van der Waals surface area contributed by atoms with Crippen LogP contribution in [0.5, 0.6) is 0 Å². The average molecular weight is 294 g/mol. The second-order valence-corrected chi connectivity index (χ2v) is 7.00. The van der Waals surface area contributed by atoms with Crippen molar-refractivity contribution in [1.29, 1.82) is 0 Å². The van der Waals surface area contributed by atoms with Gasteiger partial charge >= 0.3 is 6.03 Å². The molecule has 2 rings (SSSR count). The highest BCUT2D eigenvalue weighted by molar-refractivity contribution is 7.85. The Morgan fingerprint density at radius 2 is 2.05 bits per heavy atom. The van der Waals surface area contributed by atoms with E-state index < -0.39 is 10.8 Å². The van der Waals surface area contributed by atoms with Crippen molar-refractivity contribution in [2.24, 2.45) is 0 Å². The molecule has 0 aliphatic carbocycles. The number of amides is 2. The van der Waals surface area contributed by atoms with Crippen molar-refractivity contribution in [3.63, 3.8) is 0 Å². The van der Waals surface area contributed by atoms with Crippen molar-refractivity contribution < 1.29 is 9.00 Å². The standard InChI is InChI=1S/C15H22N2O2S/c1-13-8-10-20(19)11-9-17(13)15(18)16(2)12-14-6-4-3-5-7-14/h3-7,13H,8-12H2,1-2H3/t13-,20+/m1/s1. The first-order chi connectivity index (χ1) is 9.58. The predicted octanol–water partition coefficient (Wildman–Crippen LogP) is 2.08. The first kappa shape index (κ1) is 15.0. The van der Waals surface area contributed by atoms with Gasteiger partial charge in [0.15, 0.2) is 0 Å². The monoisotopic (exact) mass is 294 g/mol. The zero-order valence-electron chi connectivity index (χ0n) is 12.1. The summed E-state index contributed by atoms with van der Waals surface area (Å²) in [6.45, 7) is 3.23. The molecule has 2 amide bonds. The molecule has 1 aromatic carbocycles.